The zero-order chi connectivity index (χ0) is 16.2. The Labute approximate surface area is 135 Å². The molecule has 0 saturated carbocycles. The van der Waals surface area contributed by atoms with Crippen LogP contribution in [-0.2, 0) is 10.0 Å². The van der Waals surface area contributed by atoms with Crippen LogP contribution < -0.4 is 0 Å². The first-order valence-electron chi connectivity index (χ1n) is 7.80. The molecule has 23 heavy (non-hydrogen) atoms. The van der Waals surface area contributed by atoms with Gasteiger partial charge in [-0.15, -0.1) is 0 Å². The summed E-state index contributed by atoms with van der Waals surface area (Å²) < 4.78 is 27.8. The molecular formula is C16H19N3O3S. The highest BCUT2D eigenvalue weighted by molar-refractivity contribution is 7.89. The van der Waals surface area contributed by atoms with Crippen molar-refractivity contribution in [2.45, 2.75) is 19.1 Å². The van der Waals surface area contributed by atoms with Crippen molar-refractivity contribution in [1.29, 1.82) is 0 Å². The van der Waals surface area contributed by atoms with Gasteiger partial charge in [-0.3, -0.25) is 0 Å². The minimum Gasteiger partial charge on any atom is -0.391 e. The van der Waals surface area contributed by atoms with Gasteiger partial charge in [0.1, 0.15) is 0 Å². The van der Waals surface area contributed by atoms with Crippen LogP contribution >= 0.6 is 0 Å². The molecule has 2 aliphatic rings. The number of sulfonamides is 1. The molecule has 0 amide bonds. The summed E-state index contributed by atoms with van der Waals surface area (Å²) in [5.74, 6) is -0.114. The molecule has 6 nitrogen and oxygen atoms in total. The van der Waals surface area contributed by atoms with Crippen LogP contribution in [0.15, 0.2) is 36.8 Å². The fraction of sp³-hybridized carbons (Fsp3) is 0.438. The molecule has 7 heteroatoms. The Balaban J connectivity index is 1.75. The fourth-order valence-electron chi connectivity index (χ4n) is 3.81. The van der Waals surface area contributed by atoms with E-state index in [0.717, 1.165) is 16.8 Å². The summed E-state index contributed by atoms with van der Waals surface area (Å²) in [5, 5.41) is 10.5. The lowest BCUT2D eigenvalue weighted by atomic mass is 9.90. The lowest BCUT2D eigenvalue weighted by Gasteiger charge is -2.24. The van der Waals surface area contributed by atoms with E-state index < -0.39 is 16.1 Å². The Morgan fingerprint density at radius 3 is 2.87 bits per heavy atom. The maximum absolute atomic E-state index is 12.1. The number of aliphatic hydroxyl groups excluding tert-OH is 1. The molecule has 1 aromatic carbocycles. The van der Waals surface area contributed by atoms with Gasteiger partial charge < -0.3 is 9.67 Å². The van der Waals surface area contributed by atoms with E-state index in [-0.39, 0.29) is 24.3 Å². The van der Waals surface area contributed by atoms with Crippen LogP contribution in [0.2, 0.25) is 0 Å². The average molecular weight is 333 g/mol. The molecule has 4 rings (SSSR count). The SMILES string of the molecule is CCS(=O)(=O)N1CC(O)C([C@H]2c3ccccc3-c3cncn32)C1. The van der Waals surface area contributed by atoms with Crippen molar-refractivity contribution >= 4 is 10.0 Å². The smallest absolute Gasteiger partial charge is 0.213 e. The quantitative estimate of drug-likeness (QED) is 0.912. The van der Waals surface area contributed by atoms with Crippen molar-refractivity contribution in [3.63, 3.8) is 0 Å². The molecule has 2 aliphatic heterocycles. The van der Waals surface area contributed by atoms with E-state index in [1.54, 1.807) is 13.3 Å². The van der Waals surface area contributed by atoms with Crippen molar-refractivity contribution in [3.8, 4) is 11.3 Å². The Hall–Kier alpha value is -1.70. The summed E-state index contributed by atoms with van der Waals surface area (Å²) in [7, 11) is -3.29. The number of rotatable bonds is 3. The predicted octanol–water partition coefficient (Wildman–Crippen LogP) is 1.10. The van der Waals surface area contributed by atoms with Crippen LogP contribution in [0, 0.1) is 5.92 Å². The molecule has 1 aromatic heterocycles. The molecular weight excluding hydrogens is 314 g/mol. The van der Waals surface area contributed by atoms with E-state index in [1.165, 1.54) is 4.31 Å². The van der Waals surface area contributed by atoms with Crippen molar-refractivity contribution in [2.75, 3.05) is 18.8 Å². The molecule has 1 fully saturated rings. The maximum Gasteiger partial charge on any atom is 0.213 e. The molecule has 0 spiro atoms. The van der Waals surface area contributed by atoms with E-state index >= 15 is 0 Å². The second-order valence-electron chi connectivity index (χ2n) is 6.17. The number of nitrogens with zero attached hydrogens (tertiary/aromatic N) is 3. The van der Waals surface area contributed by atoms with Crippen LogP contribution in [0.3, 0.4) is 0 Å². The van der Waals surface area contributed by atoms with Crippen LogP contribution in [0.25, 0.3) is 11.3 Å². The van der Waals surface area contributed by atoms with E-state index in [9.17, 15) is 13.5 Å². The van der Waals surface area contributed by atoms with Gasteiger partial charge in [-0.25, -0.2) is 13.4 Å². The standard InChI is InChI=1S/C16H19N3O3S/c1-2-23(21,22)18-8-13(15(20)9-18)16-12-6-4-3-5-11(12)14-7-17-10-19(14)16/h3-7,10,13,15-16,20H,2,8-9H2,1H3/t13?,15?,16-/m1/s1. The fourth-order valence-corrected chi connectivity index (χ4v) is 4.95. The van der Waals surface area contributed by atoms with Gasteiger partial charge in [0.2, 0.25) is 10.0 Å². The number of aliphatic hydroxyl groups is 1. The highest BCUT2D eigenvalue weighted by Gasteiger charge is 2.45. The molecule has 2 aromatic rings. The molecule has 0 radical (unpaired) electrons. The molecule has 3 heterocycles. The van der Waals surface area contributed by atoms with E-state index in [2.05, 4.69) is 15.6 Å². The third-order valence-electron chi connectivity index (χ3n) is 4.98. The van der Waals surface area contributed by atoms with Gasteiger partial charge >= 0.3 is 0 Å². The van der Waals surface area contributed by atoms with Crippen LogP contribution in [0.4, 0.5) is 0 Å². The largest absolute Gasteiger partial charge is 0.391 e. The predicted molar refractivity (Wildman–Crippen MR) is 86.3 cm³/mol. The lowest BCUT2D eigenvalue weighted by molar-refractivity contribution is 0.126. The highest BCUT2D eigenvalue weighted by atomic mass is 32.2. The highest BCUT2D eigenvalue weighted by Crippen LogP contribution is 2.45. The molecule has 1 saturated heterocycles. The minimum atomic E-state index is -3.29. The number of aromatic nitrogens is 2. The zero-order valence-electron chi connectivity index (χ0n) is 12.8. The number of imidazole rings is 1. The molecule has 122 valence electrons. The van der Waals surface area contributed by atoms with E-state index in [1.807, 2.05) is 24.4 Å². The van der Waals surface area contributed by atoms with Crippen molar-refractivity contribution in [2.24, 2.45) is 5.92 Å². The van der Waals surface area contributed by atoms with Crippen LogP contribution in [-0.4, -0.2) is 52.3 Å². The molecule has 0 aliphatic carbocycles. The van der Waals surface area contributed by atoms with Gasteiger partial charge in [0.05, 0.1) is 36.1 Å². The zero-order valence-corrected chi connectivity index (χ0v) is 13.6. The van der Waals surface area contributed by atoms with Gasteiger partial charge in [0.15, 0.2) is 0 Å². The topological polar surface area (TPSA) is 75.4 Å². The van der Waals surface area contributed by atoms with E-state index in [0.29, 0.717) is 6.54 Å². The van der Waals surface area contributed by atoms with Crippen LogP contribution in [0.5, 0.6) is 0 Å². The average Bonchev–Trinajstić information content (AvgIpc) is 3.22. The summed E-state index contributed by atoms with van der Waals surface area (Å²) in [6, 6.07) is 7.99. The monoisotopic (exact) mass is 333 g/mol. The molecule has 2 unspecified atom stereocenters. The van der Waals surface area contributed by atoms with Gasteiger partial charge in [-0.2, -0.15) is 4.31 Å². The number of benzene rings is 1. The third kappa shape index (κ3) is 2.14. The summed E-state index contributed by atoms with van der Waals surface area (Å²) in [4.78, 5) is 4.22. The minimum absolute atomic E-state index is 0.0595. The molecule has 3 atom stereocenters. The second kappa shape index (κ2) is 5.15. The van der Waals surface area contributed by atoms with Crippen LogP contribution in [0.1, 0.15) is 18.5 Å². The Kier molecular flexibility index (Phi) is 3.33. The normalized spacial score (nSPS) is 27.1. The lowest BCUT2D eigenvalue weighted by Crippen LogP contribution is -2.31. The summed E-state index contributed by atoms with van der Waals surface area (Å²) in [6.07, 6.45) is 2.91. The van der Waals surface area contributed by atoms with Gasteiger partial charge in [0.25, 0.3) is 0 Å². The van der Waals surface area contributed by atoms with E-state index in [4.69, 9.17) is 0 Å². The number of hydrogen-bond acceptors (Lipinski definition) is 4. The first kappa shape index (κ1) is 14.9. The summed E-state index contributed by atoms with van der Waals surface area (Å²) in [5.41, 5.74) is 3.26. The first-order chi connectivity index (χ1) is 11.0. The maximum atomic E-state index is 12.1. The number of hydrogen-bond donors (Lipinski definition) is 1. The third-order valence-corrected chi connectivity index (χ3v) is 6.80. The van der Waals surface area contributed by atoms with Gasteiger partial charge in [0, 0.05) is 24.6 Å². The number of fused-ring (bicyclic) bond motifs is 3. The van der Waals surface area contributed by atoms with Crippen molar-refractivity contribution in [3.05, 3.63) is 42.4 Å². The molecule has 0 bridgehead atoms. The Bertz CT molecular complexity index is 846. The Morgan fingerprint density at radius 1 is 1.30 bits per heavy atom. The van der Waals surface area contributed by atoms with Crippen molar-refractivity contribution < 1.29 is 13.5 Å². The first-order valence-corrected chi connectivity index (χ1v) is 9.41. The summed E-state index contributed by atoms with van der Waals surface area (Å²) in [6.45, 7) is 2.14. The van der Waals surface area contributed by atoms with Gasteiger partial charge in [-0.1, -0.05) is 24.3 Å². The molecule has 1 N–H and O–H groups in total. The summed E-state index contributed by atoms with van der Waals surface area (Å²) >= 11 is 0. The van der Waals surface area contributed by atoms with Gasteiger partial charge in [-0.05, 0) is 12.5 Å². The second-order valence-corrected chi connectivity index (χ2v) is 8.42. The number of β-amino-alcohol motifs (C(OH)–C–C–N with tert-alkyl or cyclic N) is 1. The van der Waals surface area contributed by atoms with Crippen molar-refractivity contribution in [1.82, 2.24) is 13.9 Å². The Morgan fingerprint density at radius 2 is 2.09 bits per heavy atom.